The summed E-state index contributed by atoms with van der Waals surface area (Å²) in [5.74, 6) is 0.879. The zero-order valence-corrected chi connectivity index (χ0v) is 13.5. The van der Waals surface area contributed by atoms with Crippen LogP contribution in [0.3, 0.4) is 0 Å². The van der Waals surface area contributed by atoms with Crippen LogP contribution in [0.5, 0.6) is 0 Å². The van der Waals surface area contributed by atoms with Crippen molar-refractivity contribution in [2.24, 2.45) is 5.92 Å². The third-order valence-corrected chi connectivity index (χ3v) is 5.15. The van der Waals surface area contributed by atoms with Gasteiger partial charge >= 0.3 is 0 Å². The molecule has 1 N–H and O–H groups in total. The highest BCUT2D eigenvalue weighted by Crippen LogP contribution is 2.23. The van der Waals surface area contributed by atoms with Crippen molar-refractivity contribution in [2.75, 3.05) is 11.9 Å². The van der Waals surface area contributed by atoms with Crippen LogP contribution in [0.15, 0.2) is 18.2 Å². The minimum Gasteiger partial charge on any atom is -0.385 e. The average molecular weight is 357 g/mol. The molecule has 1 aliphatic carbocycles. The molecule has 18 heavy (non-hydrogen) atoms. The molecule has 1 saturated carbocycles. The van der Waals surface area contributed by atoms with Crippen LogP contribution >= 0.6 is 22.6 Å². The predicted molar refractivity (Wildman–Crippen MR) is 88.2 cm³/mol. The first-order chi connectivity index (χ1) is 8.75. The Morgan fingerprint density at radius 2 is 1.78 bits per heavy atom. The lowest BCUT2D eigenvalue weighted by molar-refractivity contribution is 0.392. The van der Waals surface area contributed by atoms with Gasteiger partial charge in [0.15, 0.2) is 0 Å². The predicted octanol–water partition coefficient (Wildman–Crippen LogP) is 5.37. The normalized spacial score (nSPS) is 18.1. The molecule has 2 heteroatoms. The van der Waals surface area contributed by atoms with Gasteiger partial charge in [0, 0.05) is 15.8 Å². The molecule has 2 rings (SSSR count). The minimum atomic E-state index is 0.879. The fourth-order valence-corrected chi connectivity index (χ4v) is 3.23. The Labute approximate surface area is 125 Å². The lowest BCUT2D eigenvalue weighted by atomic mass is 9.91. The fraction of sp³-hybridized carbons (Fsp3) is 0.625. The van der Waals surface area contributed by atoms with Crippen LogP contribution in [0.1, 0.15) is 50.5 Å². The van der Waals surface area contributed by atoms with Crippen LogP contribution < -0.4 is 5.32 Å². The highest BCUT2D eigenvalue weighted by molar-refractivity contribution is 14.1. The molecule has 1 nitrogen and oxygen atoms in total. The summed E-state index contributed by atoms with van der Waals surface area (Å²) in [5.41, 5.74) is 2.65. The van der Waals surface area contributed by atoms with Crippen molar-refractivity contribution in [2.45, 2.75) is 51.9 Å². The summed E-state index contributed by atoms with van der Waals surface area (Å²) in [6.45, 7) is 3.32. The first kappa shape index (κ1) is 14.2. The van der Waals surface area contributed by atoms with Gasteiger partial charge in [-0.15, -0.1) is 0 Å². The summed E-state index contributed by atoms with van der Waals surface area (Å²) in [6.07, 6.45) is 10.0. The Hall–Kier alpha value is -0.250. The quantitative estimate of drug-likeness (QED) is 0.717. The molecule has 0 spiro atoms. The third kappa shape index (κ3) is 4.45. The number of hydrogen-bond acceptors (Lipinski definition) is 1. The van der Waals surface area contributed by atoms with E-state index in [-0.39, 0.29) is 0 Å². The van der Waals surface area contributed by atoms with Gasteiger partial charge in [0.1, 0.15) is 0 Å². The van der Waals surface area contributed by atoms with Gasteiger partial charge in [0.2, 0.25) is 0 Å². The molecule has 1 aliphatic rings. The monoisotopic (exact) mass is 357 g/mol. The maximum absolute atomic E-state index is 3.63. The Bertz CT molecular complexity index is 367. The van der Waals surface area contributed by atoms with Crippen LogP contribution in [-0.2, 0) is 0 Å². The summed E-state index contributed by atoms with van der Waals surface area (Å²) in [4.78, 5) is 0. The van der Waals surface area contributed by atoms with Crippen molar-refractivity contribution in [1.29, 1.82) is 0 Å². The van der Waals surface area contributed by atoms with E-state index in [0.717, 1.165) is 12.5 Å². The summed E-state index contributed by atoms with van der Waals surface area (Å²) in [7, 11) is 0. The zero-order chi connectivity index (χ0) is 12.8. The molecule has 1 aromatic carbocycles. The standard InChI is InChI=1S/C16H24IN/c1-13-9-10-15(11-16(13)17)18-12-14-7-5-3-2-4-6-8-14/h9-11,14,18H,2-8,12H2,1H3. The van der Waals surface area contributed by atoms with Crippen LogP contribution in [0.25, 0.3) is 0 Å². The van der Waals surface area contributed by atoms with E-state index in [1.54, 1.807) is 0 Å². The molecule has 0 atom stereocenters. The number of rotatable bonds is 3. The Kier molecular flexibility index (Phi) is 5.80. The summed E-state index contributed by atoms with van der Waals surface area (Å²) in [6, 6.07) is 6.68. The molecule has 0 unspecified atom stereocenters. The van der Waals surface area contributed by atoms with E-state index in [1.165, 1.54) is 59.8 Å². The molecule has 1 aromatic rings. The van der Waals surface area contributed by atoms with E-state index >= 15 is 0 Å². The molecular weight excluding hydrogens is 333 g/mol. The highest BCUT2D eigenvalue weighted by atomic mass is 127. The first-order valence-electron chi connectivity index (χ1n) is 7.26. The average Bonchev–Trinajstić information content (AvgIpc) is 2.32. The van der Waals surface area contributed by atoms with Crippen molar-refractivity contribution in [1.82, 2.24) is 0 Å². The molecule has 100 valence electrons. The van der Waals surface area contributed by atoms with E-state index in [2.05, 4.69) is 53.0 Å². The van der Waals surface area contributed by atoms with Gasteiger partial charge < -0.3 is 5.32 Å². The summed E-state index contributed by atoms with van der Waals surface area (Å²) in [5, 5.41) is 3.63. The summed E-state index contributed by atoms with van der Waals surface area (Å²) >= 11 is 2.42. The van der Waals surface area contributed by atoms with E-state index in [0.29, 0.717) is 0 Å². The SMILES string of the molecule is Cc1ccc(NCC2CCCCCCC2)cc1I. The third-order valence-electron chi connectivity index (χ3n) is 3.99. The Morgan fingerprint density at radius 3 is 2.44 bits per heavy atom. The number of aryl methyl sites for hydroxylation is 1. The van der Waals surface area contributed by atoms with Gasteiger partial charge in [0.25, 0.3) is 0 Å². The van der Waals surface area contributed by atoms with Crippen LogP contribution in [0.2, 0.25) is 0 Å². The lowest BCUT2D eigenvalue weighted by Crippen LogP contribution is -2.15. The number of anilines is 1. The number of halogens is 1. The van der Waals surface area contributed by atoms with Gasteiger partial charge in [-0.1, -0.05) is 38.2 Å². The number of nitrogens with one attached hydrogen (secondary N) is 1. The van der Waals surface area contributed by atoms with Crippen LogP contribution in [0, 0.1) is 16.4 Å². The van der Waals surface area contributed by atoms with Gasteiger partial charge in [-0.25, -0.2) is 0 Å². The van der Waals surface area contributed by atoms with Crippen LogP contribution in [0.4, 0.5) is 5.69 Å². The maximum atomic E-state index is 3.63. The Morgan fingerprint density at radius 1 is 1.11 bits per heavy atom. The number of benzene rings is 1. The molecule has 0 amide bonds. The minimum absolute atomic E-state index is 0.879. The van der Waals surface area contributed by atoms with E-state index in [9.17, 15) is 0 Å². The zero-order valence-electron chi connectivity index (χ0n) is 11.3. The molecule has 0 bridgehead atoms. The largest absolute Gasteiger partial charge is 0.385 e. The van der Waals surface area contributed by atoms with Crippen molar-refractivity contribution >= 4 is 28.3 Å². The lowest BCUT2D eigenvalue weighted by Gasteiger charge is -2.20. The summed E-state index contributed by atoms with van der Waals surface area (Å²) < 4.78 is 1.36. The number of hydrogen-bond donors (Lipinski definition) is 1. The second kappa shape index (κ2) is 7.37. The van der Waals surface area contributed by atoms with Crippen molar-refractivity contribution in [3.05, 3.63) is 27.3 Å². The molecule has 0 radical (unpaired) electrons. The van der Waals surface area contributed by atoms with E-state index in [4.69, 9.17) is 0 Å². The molecule has 0 aromatic heterocycles. The van der Waals surface area contributed by atoms with Crippen molar-refractivity contribution in [3.63, 3.8) is 0 Å². The van der Waals surface area contributed by atoms with Gasteiger partial charge in [0.05, 0.1) is 0 Å². The molecule has 0 aliphatic heterocycles. The van der Waals surface area contributed by atoms with Crippen molar-refractivity contribution in [3.8, 4) is 0 Å². The maximum Gasteiger partial charge on any atom is 0.0351 e. The fourth-order valence-electron chi connectivity index (χ4n) is 2.71. The second-order valence-corrected chi connectivity index (χ2v) is 6.72. The topological polar surface area (TPSA) is 12.0 Å². The highest BCUT2D eigenvalue weighted by Gasteiger charge is 2.11. The van der Waals surface area contributed by atoms with Gasteiger partial charge in [-0.05, 0) is 66.0 Å². The molecule has 0 heterocycles. The van der Waals surface area contributed by atoms with E-state index < -0.39 is 0 Å². The molecule has 1 fully saturated rings. The van der Waals surface area contributed by atoms with E-state index in [1.807, 2.05) is 0 Å². The Balaban J connectivity index is 1.83. The van der Waals surface area contributed by atoms with Crippen LogP contribution in [-0.4, -0.2) is 6.54 Å². The van der Waals surface area contributed by atoms with Crippen molar-refractivity contribution < 1.29 is 0 Å². The first-order valence-corrected chi connectivity index (χ1v) is 8.33. The second-order valence-electron chi connectivity index (χ2n) is 5.56. The molecular formula is C16H24IN. The molecule has 0 saturated heterocycles. The van der Waals surface area contributed by atoms with Gasteiger partial charge in [-0.2, -0.15) is 0 Å². The van der Waals surface area contributed by atoms with Gasteiger partial charge in [-0.3, -0.25) is 0 Å². The smallest absolute Gasteiger partial charge is 0.0351 e.